The molecule has 2 aromatic rings. The van der Waals surface area contributed by atoms with Crippen molar-refractivity contribution in [2.24, 2.45) is 0 Å². The van der Waals surface area contributed by atoms with E-state index in [1.165, 1.54) is 19.8 Å². The molecule has 3 rings (SSSR count). The van der Waals surface area contributed by atoms with Gasteiger partial charge in [0.2, 0.25) is 5.91 Å². The topological polar surface area (TPSA) is 64.6 Å². The van der Waals surface area contributed by atoms with Gasteiger partial charge in [0, 0.05) is 12.1 Å². The zero-order chi connectivity index (χ0) is 22.1. The molecule has 0 aromatic heterocycles. The zero-order valence-electron chi connectivity index (χ0n) is 18.1. The summed E-state index contributed by atoms with van der Waals surface area (Å²) < 4.78 is 11.7. The third-order valence-corrected chi connectivity index (χ3v) is 5.26. The number of hydrogen-bond acceptors (Lipinski definition) is 4. The predicted molar refractivity (Wildman–Crippen MR) is 120 cm³/mol. The van der Waals surface area contributed by atoms with Crippen LogP contribution < -0.4 is 14.8 Å². The van der Waals surface area contributed by atoms with Crippen LogP contribution in [-0.2, 0) is 9.59 Å². The molecule has 1 atom stereocenters. The summed E-state index contributed by atoms with van der Waals surface area (Å²) in [4.78, 5) is 23.3. The number of carbonyl (C=O) groups excluding carboxylic acids is 2. The summed E-state index contributed by atoms with van der Waals surface area (Å²) in [7, 11) is 1.63. The lowest BCUT2D eigenvalue weighted by Crippen LogP contribution is -2.29. The minimum Gasteiger partial charge on any atom is -0.493 e. The molecule has 0 aliphatic heterocycles. The van der Waals surface area contributed by atoms with Crippen LogP contribution in [0.1, 0.15) is 56.1 Å². The number of ether oxygens (including phenoxy) is 2. The van der Waals surface area contributed by atoms with Crippen molar-refractivity contribution in [2.45, 2.75) is 51.0 Å². The van der Waals surface area contributed by atoms with Gasteiger partial charge < -0.3 is 14.8 Å². The summed E-state index contributed by atoms with van der Waals surface area (Å²) >= 11 is 0. The van der Waals surface area contributed by atoms with E-state index < -0.39 is 0 Å². The molecule has 162 valence electrons. The number of carbonyl (C=O) groups is 2. The largest absolute Gasteiger partial charge is 0.493 e. The second-order valence-corrected chi connectivity index (χ2v) is 7.81. The van der Waals surface area contributed by atoms with Crippen LogP contribution in [0.15, 0.2) is 48.5 Å². The average molecular weight is 420 g/mol. The van der Waals surface area contributed by atoms with E-state index in [4.69, 9.17) is 9.47 Å². The Bertz CT molecular complexity index is 952. The summed E-state index contributed by atoms with van der Waals surface area (Å²) in [5, 5.41) is 2.84. The molecule has 1 amide bonds. The second kappa shape index (κ2) is 11.2. The van der Waals surface area contributed by atoms with Gasteiger partial charge in [-0.3, -0.25) is 9.59 Å². The molecule has 31 heavy (non-hydrogen) atoms. The number of nitrogens with one attached hydrogen (secondary N) is 1. The van der Waals surface area contributed by atoms with E-state index in [1.807, 2.05) is 48.5 Å². The van der Waals surface area contributed by atoms with Gasteiger partial charge in [0.15, 0.2) is 11.5 Å². The van der Waals surface area contributed by atoms with Crippen LogP contribution >= 0.6 is 0 Å². The van der Waals surface area contributed by atoms with Gasteiger partial charge in [-0.25, -0.2) is 0 Å². The highest BCUT2D eigenvalue weighted by atomic mass is 16.5. The Hall–Kier alpha value is -3.26. The summed E-state index contributed by atoms with van der Waals surface area (Å²) in [5.41, 5.74) is 1.83. The van der Waals surface area contributed by atoms with E-state index in [2.05, 4.69) is 17.2 Å². The SMILES string of the molecule is COc1ccc(C(C#Cc2ccccc2)CNC(=O)CC(C)=O)cc1OC1CCCC1. The van der Waals surface area contributed by atoms with Crippen molar-refractivity contribution >= 4 is 11.7 Å². The first-order chi connectivity index (χ1) is 15.0. The number of ketones is 1. The lowest BCUT2D eigenvalue weighted by atomic mass is 9.98. The molecule has 0 radical (unpaired) electrons. The maximum Gasteiger partial charge on any atom is 0.227 e. The van der Waals surface area contributed by atoms with Crippen molar-refractivity contribution in [1.29, 1.82) is 0 Å². The number of benzene rings is 2. The first-order valence-corrected chi connectivity index (χ1v) is 10.7. The highest BCUT2D eigenvalue weighted by Gasteiger charge is 2.20. The quantitative estimate of drug-likeness (QED) is 0.513. The van der Waals surface area contributed by atoms with Gasteiger partial charge in [-0.05, 0) is 62.4 Å². The molecular formula is C26H29NO4. The highest BCUT2D eigenvalue weighted by molar-refractivity contribution is 5.96. The molecule has 5 nitrogen and oxygen atoms in total. The van der Waals surface area contributed by atoms with E-state index in [1.54, 1.807) is 7.11 Å². The molecule has 0 saturated heterocycles. The van der Waals surface area contributed by atoms with Gasteiger partial charge in [-0.2, -0.15) is 0 Å². The Morgan fingerprint density at radius 1 is 1.10 bits per heavy atom. The Labute approximate surface area is 184 Å². The molecule has 0 heterocycles. The molecule has 2 aromatic carbocycles. The van der Waals surface area contributed by atoms with Crippen LogP contribution in [0.2, 0.25) is 0 Å². The van der Waals surface area contributed by atoms with Crippen LogP contribution in [0.3, 0.4) is 0 Å². The van der Waals surface area contributed by atoms with Crippen molar-refractivity contribution in [3.8, 4) is 23.3 Å². The highest BCUT2D eigenvalue weighted by Crippen LogP contribution is 2.34. The monoisotopic (exact) mass is 419 g/mol. The Morgan fingerprint density at radius 2 is 1.84 bits per heavy atom. The maximum absolute atomic E-state index is 12.0. The van der Waals surface area contributed by atoms with E-state index >= 15 is 0 Å². The van der Waals surface area contributed by atoms with E-state index in [9.17, 15) is 9.59 Å². The molecule has 1 N–H and O–H groups in total. The Balaban J connectivity index is 1.85. The number of hydrogen-bond donors (Lipinski definition) is 1. The number of rotatable bonds is 8. The fourth-order valence-corrected chi connectivity index (χ4v) is 3.64. The first-order valence-electron chi connectivity index (χ1n) is 10.7. The van der Waals surface area contributed by atoms with Crippen molar-refractivity contribution in [3.05, 3.63) is 59.7 Å². The van der Waals surface area contributed by atoms with Crippen molar-refractivity contribution in [2.75, 3.05) is 13.7 Å². The first kappa shape index (κ1) is 22.4. The van der Waals surface area contributed by atoms with Crippen molar-refractivity contribution < 1.29 is 19.1 Å². The molecule has 1 fully saturated rings. The Morgan fingerprint density at radius 3 is 2.52 bits per heavy atom. The molecule has 0 spiro atoms. The lowest BCUT2D eigenvalue weighted by Gasteiger charge is -2.19. The molecule has 1 aliphatic rings. The maximum atomic E-state index is 12.0. The van der Waals surface area contributed by atoms with E-state index in [0.29, 0.717) is 18.0 Å². The second-order valence-electron chi connectivity index (χ2n) is 7.81. The fourth-order valence-electron chi connectivity index (χ4n) is 3.64. The Kier molecular flexibility index (Phi) is 8.12. The predicted octanol–water partition coefficient (Wildman–Crippen LogP) is 4.25. The smallest absolute Gasteiger partial charge is 0.227 e. The normalized spacial score (nSPS) is 14.3. The number of Topliss-reactive ketones (excluding diaryl/α,β-unsaturated/α-hetero) is 1. The standard InChI is InChI=1S/C26H29NO4/c1-19(28)16-26(29)27-18-22(13-12-20-8-4-3-5-9-20)21-14-15-24(30-2)25(17-21)31-23-10-6-7-11-23/h3-5,8-9,14-15,17,22-23H,6-7,10-11,16,18H2,1-2H3,(H,27,29). The van der Waals surface area contributed by atoms with Gasteiger partial charge in [0.25, 0.3) is 0 Å². The number of amides is 1. The van der Waals surface area contributed by atoms with E-state index in [-0.39, 0.29) is 30.1 Å². The molecule has 1 unspecified atom stereocenters. The summed E-state index contributed by atoms with van der Waals surface area (Å²) in [5.74, 6) is 7.13. The van der Waals surface area contributed by atoms with Gasteiger partial charge in [-0.1, -0.05) is 36.1 Å². The van der Waals surface area contributed by atoms with Gasteiger partial charge >= 0.3 is 0 Å². The average Bonchev–Trinajstić information content (AvgIpc) is 3.27. The van der Waals surface area contributed by atoms with Crippen molar-refractivity contribution in [3.63, 3.8) is 0 Å². The summed E-state index contributed by atoms with van der Waals surface area (Å²) in [6, 6.07) is 15.5. The molecule has 1 saturated carbocycles. The number of methoxy groups -OCH3 is 1. The van der Waals surface area contributed by atoms with Gasteiger partial charge in [0.1, 0.15) is 5.78 Å². The van der Waals surface area contributed by atoms with Crippen molar-refractivity contribution in [1.82, 2.24) is 5.32 Å². The fraction of sp³-hybridized carbons (Fsp3) is 0.385. The molecule has 0 bridgehead atoms. The third kappa shape index (κ3) is 6.89. The lowest BCUT2D eigenvalue weighted by molar-refractivity contribution is -0.127. The van der Waals surface area contributed by atoms with Gasteiger partial charge in [0.05, 0.1) is 25.6 Å². The van der Waals surface area contributed by atoms with E-state index in [0.717, 1.165) is 24.0 Å². The molecular weight excluding hydrogens is 390 g/mol. The van der Waals surface area contributed by atoms with Crippen LogP contribution in [0.25, 0.3) is 0 Å². The summed E-state index contributed by atoms with van der Waals surface area (Å²) in [6.07, 6.45) is 4.53. The van der Waals surface area contributed by atoms with Crippen LogP contribution in [0, 0.1) is 11.8 Å². The zero-order valence-corrected chi connectivity index (χ0v) is 18.1. The minimum atomic E-state index is -0.296. The molecule has 5 heteroatoms. The minimum absolute atomic E-state index is 0.127. The van der Waals surface area contributed by atoms with Crippen LogP contribution in [-0.4, -0.2) is 31.4 Å². The van der Waals surface area contributed by atoms with Crippen LogP contribution in [0.4, 0.5) is 0 Å². The summed E-state index contributed by atoms with van der Waals surface area (Å²) in [6.45, 7) is 1.71. The third-order valence-electron chi connectivity index (χ3n) is 5.26. The molecule has 1 aliphatic carbocycles. The van der Waals surface area contributed by atoms with Crippen LogP contribution in [0.5, 0.6) is 11.5 Å². The van der Waals surface area contributed by atoms with Gasteiger partial charge in [-0.15, -0.1) is 0 Å².